The average Bonchev–Trinajstić information content (AvgIpc) is 3.25. The first kappa shape index (κ1) is 18.8. The van der Waals surface area contributed by atoms with Gasteiger partial charge in [0, 0.05) is 5.56 Å². The largest absolute Gasteiger partial charge is 0.479 e. The first-order valence-corrected chi connectivity index (χ1v) is 10.0. The van der Waals surface area contributed by atoms with E-state index in [4.69, 9.17) is 4.74 Å². The molecule has 0 amide bonds. The Kier molecular flexibility index (Phi) is 5.25. The lowest BCUT2D eigenvalue weighted by Gasteiger charge is -2.28. The lowest BCUT2D eigenvalue weighted by atomic mass is 9.93. The fourth-order valence-electron chi connectivity index (χ4n) is 3.52. The molecule has 1 aromatic carbocycles. The van der Waals surface area contributed by atoms with E-state index in [1.807, 2.05) is 6.92 Å². The van der Waals surface area contributed by atoms with E-state index in [2.05, 4.69) is 10.1 Å². The van der Waals surface area contributed by atoms with Crippen LogP contribution < -0.4 is 10.4 Å². The standard InChI is InChI=1S/C19H20F2N4O2S/c1-12-18(28-11-22-12)27-14-7-5-13(6-8-14)25-19(26)24(10-23-25)9-15-16(20)3-2-4-17(15)21/h2-4,10-11,13-14H,5-9H2,1H3. The maximum Gasteiger partial charge on any atom is 0.346 e. The van der Waals surface area contributed by atoms with Crippen LogP contribution in [0.3, 0.4) is 0 Å². The van der Waals surface area contributed by atoms with E-state index >= 15 is 0 Å². The maximum atomic E-state index is 13.9. The highest BCUT2D eigenvalue weighted by Gasteiger charge is 2.27. The second kappa shape index (κ2) is 7.83. The Labute approximate surface area is 164 Å². The minimum absolute atomic E-state index is 0.0402. The molecule has 2 heterocycles. The van der Waals surface area contributed by atoms with Gasteiger partial charge in [-0.05, 0) is 44.7 Å². The van der Waals surface area contributed by atoms with Gasteiger partial charge in [0.1, 0.15) is 18.0 Å². The van der Waals surface area contributed by atoms with Crippen molar-refractivity contribution in [2.24, 2.45) is 0 Å². The van der Waals surface area contributed by atoms with Crippen molar-refractivity contribution >= 4 is 11.3 Å². The number of ether oxygens (including phenoxy) is 1. The highest BCUT2D eigenvalue weighted by Crippen LogP contribution is 2.32. The molecule has 0 radical (unpaired) electrons. The molecule has 1 aliphatic carbocycles. The molecule has 1 saturated carbocycles. The predicted octanol–water partition coefficient (Wildman–Crippen LogP) is 3.70. The zero-order valence-electron chi connectivity index (χ0n) is 15.3. The average molecular weight is 406 g/mol. The molecule has 9 heteroatoms. The number of aryl methyl sites for hydroxylation is 1. The third-order valence-electron chi connectivity index (χ3n) is 5.11. The smallest absolute Gasteiger partial charge is 0.346 e. The summed E-state index contributed by atoms with van der Waals surface area (Å²) >= 11 is 1.48. The molecule has 6 nitrogen and oxygen atoms in total. The lowest BCUT2D eigenvalue weighted by molar-refractivity contribution is 0.131. The van der Waals surface area contributed by atoms with Gasteiger partial charge in [-0.1, -0.05) is 17.4 Å². The summed E-state index contributed by atoms with van der Waals surface area (Å²) in [6, 6.07) is 3.62. The monoisotopic (exact) mass is 406 g/mol. The van der Waals surface area contributed by atoms with Gasteiger partial charge in [0.15, 0.2) is 5.06 Å². The van der Waals surface area contributed by atoms with Crippen LogP contribution in [-0.2, 0) is 6.54 Å². The third-order valence-corrected chi connectivity index (χ3v) is 5.93. The quantitative estimate of drug-likeness (QED) is 0.648. The first-order chi connectivity index (χ1) is 13.5. The van der Waals surface area contributed by atoms with Crippen molar-refractivity contribution in [1.29, 1.82) is 0 Å². The summed E-state index contributed by atoms with van der Waals surface area (Å²) < 4.78 is 36.4. The highest BCUT2D eigenvalue weighted by atomic mass is 32.1. The fourth-order valence-corrected chi connectivity index (χ4v) is 4.25. The van der Waals surface area contributed by atoms with E-state index < -0.39 is 11.6 Å². The molecule has 3 aromatic rings. The zero-order chi connectivity index (χ0) is 19.7. The van der Waals surface area contributed by atoms with E-state index in [0.29, 0.717) is 0 Å². The van der Waals surface area contributed by atoms with Crippen LogP contribution in [0.25, 0.3) is 0 Å². The summed E-state index contributed by atoms with van der Waals surface area (Å²) in [5.74, 6) is -1.34. The molecule has 1 fully saturated rings. The van der Waals surface area contributed by atoms with Crippen molar-refractivity contribution in [3.05, 3.63) is 63.4 Å². The second-order valence-electron chi connectivity index (χ2n) is 6.96. The minimum atomic E-state index is -0.671. The number of rotatable bonds is 5. The molecule has 0 spiro atoms. The molecular weight excluding hydrogens is 386 g/mol. The molecule has 0 aliphatic heterocycles. The van der Waals surface area contributed by atoms with E-state index in [-0.39, 0.29) is 29.9 Å². The predicted molar refractivity (Wildman–Crippen MR) is 101 cm³/mol. The maximum absolute atomic E-state index is 13.9. The second-order valence-corrected chi connectivity index (χ2v) is 7.78. The summed E-state index contributed by atoms with van der Waals surface area (Å²) in [4.78, 5) is 16.8. The minimum Gasteiger partial charge on any atom is -0.479 e. The number of benzene rings is 1. The van der Waals surface area contributed by atoms with Gasteiger partial charge in [0.05, 0.1) is 29.9 Å². The van der Waals surface area contributed by atoms with Crippen LogP contribution in [0.2, 0.25) is 0 Å². The highest BCUT2D eigenvalue weighted by molar-refractivity contribution is 7.11. The van der Waals surface area contributed by atoms with E-state index in [1.54, 1.807) is 5.51 Å². The Morgan fingerprint density at radius 1 is 1.21 bits per heavy atom. The van der Waals surface area contributed by atoms with Crippen molar-refractivity contribution in [2.45, 2.75) is 51.3 Å². The third kappa shape index (κ3) is 3.71. The van der Waals surface area contributed by atoms with Crippen LogP contribution in [0.4, 0.5) is 8.78 Å². The van der Waals surface area contributed by atoms with Crippen LogP contribution >= 0.6 is 11.3 Å². The van der Waals surface area contributed by atoms with Crippen LogP contribution in [0.15, 0.2) is 34.8 Å². The molecule has 1 aliphatic rings. The molecule has 0 atom stereocenters. The molecule has 28 heavy (non-hydrogen) atoms. The van der Waals surface area contributed by atoms with Crippen LogP contribution in [0.5, 0.6) is 5.06 Å². The summed E-state index contributed by atoms with van der Waals surface area (Å²) in [6.07, 6.45) is 4.58. The van der Waals surface area contributed by atoms with Gasteiger partial charge in [-0.25, -0.2) is 23.2 Å². The molecule has 0 N–H and O–H groups in total. The number of aromatic nitrogens is 4. The Morgan fingerprint density at radius 3 is 2.57 bits per heavy atom. The van der Waals surface area contributed by atoms with Crippen LogP contribution in [0.1, 0.15) is 43.0 Å². The normalized spacial score (nSPS) is 19.7. The lowest BCUT2D eigenvalue weighted by Crippen LogP contribution is -2.33. The molecule has 0 bridgehead atoms. The fraction of sp³-hybridized carbons (Fsp3) is 0.421. The van der Waals surface area contributed by atoms with Gasteiger partial charge in [-0.2, -0.15) is 5.10 Å². The number of hydrogen-bond donors (Lipinski definition) is 0. The molecular formula is C19H20F2N4O2S. The summed E-state index contributed by atoms with van der Waals surface area (Å²) in [6.45, 7) is 1.74. The Hall–Kier alpha value is -2.55. The molecule has 148 valence electrons. The van der Waals surface area contributed by atoms with Gasteiger partial charge in [-0.3, -0.25) is 4.57 Å². The molecule has 0 unspecified atom stereocenters. The van der Waals surface area contributed by atoms with Crippen molar-refractivity contribution in [3.63, 3.8) is 0 Å². The molecule has 4 rings (SSSR count). The Balaban J connectivity index is 1.42. The van der Waals surface area contributed by atoms with Gasteiger partial charge in [0.25, 0.3) is 0 Å². The SMILES string of the molecule is Cc1ncsc1OC1CCC(n2ncn(Cc3c(F)cccc3F)c2=O)CC1. The van der Waals surface area contributed by atoms with Crippen molar-refractivity contribution in [1.82, 2.24) is 19.3 Å². The molecule has 2 aromatic heterocycles. The van der Waals surface area contributed by atoms with Gasteiger partial charge >= 0.3 is 5.69 Å². The van der Waals surface area contributed by atoms with Crippen molar-refractivity contribution in [2.75, 3.05) is 0 Å². The summed E-state index contributed by atoms with van der Waals surface area (Å²) in [5, 5.41) is 5.03. The van der Waals surface area contributed by atoms with Crippen LogP contribution in [0, 0.1) is 18.6 Å². The topological polar surface area (TPSA) is 61.9 Å². The Bertz CT molecular complexity index is 1000. The first-order valence-electron chi connectivity index (χ1n) is 9.16. The van der Waals surface area contributed by atoms with E-state index in [1.165, 1.54) is 45.1 Å². The van der Waals surface area contributed by atoms with Gasteiger partial charge < -0.3 is 4.74 Å². The number of thiazole rings is 1. The van der Waals surface area contributed by atoms with Crippen molar-refractivity contribution < 1.29 is 13.5 Å². The number of hydrogen-bond acceptors (Lipinski definition) is 5. The van der Waals surface area contributed by atoms with Gasteiger partial charge in [0.2, 0.25) is 0 Å². The van der Waals surface area contributed by atoms with Gasteiger partial charge in [-0.15, -0.1) is 0 Å². The molecule has 0 saturated heterocycles. The zero-order valence-corrected chi connectivity index (χ0v) is 16.2. The van der Waals surface area contributed by atoms with E-state index in [9.17, 15) is 13.6 Å². The number of nitrogens with zero attached hydrogens (tertiary/aromatic N) is 4. The number of halogens is 2. The summed E-state index contributed by atoms with van der Waals surface area (Å²) in [5.41, 5.74) is 2.16. The van der Waals surface area contributed by atoms with Crippen molar-refractivity contribution in [3.8, 4) is 5.06 Å². The Morgan fingerprint density at radius 2 is 1.93 bits per heavy atom. The van der Waals surface area contributed by atoms with E-state index in [0.717, 1.165) is 36.4 Å². The van der Waals surface area contributed by atoms with Crippen LogP contribution in [-0.4, -0.2) is 25.4 Å². The summed E-state index contributed by atoms with van der Waals surface area (Å²) in [7, 11) is 0.